The van der Waals surface area contributed by atoms with Gasteiger partial charge in [-0.05, 0) is 19.1 Å². The highest BCUT2D eigenvalue weighted by Crippen LogP contribution is 2.46. The molecule has 0 radical (unpaired) electrons. The lowest BCUT2D eigenvalue weighted by Crippen LogP contribution is -2.46. The van der Waals surface area contributed by atoms with Gasteiger partial charge in [0.05, 0.1) is 5.57 Å². The lowest BCUT2D eigenvalue weighted by molar-refractivity contribution is -0.259. The van der Waals surface area contributed by atoms with Gasteiger partial charge in [0.15, 0.2) is 0 Å². The van der Waals surface area contributed by atoms with Crippen LogP contribution >= 0.6 is 0 Å². The summed E-state index contributed by atoms with van der Waals surface area (Å²) in [6.07, 6.45) is -17.2. The average Bonchev–Trinajstić information content (AvgIpc) is 2.12. The third kappa shape index (κ3) is 3.16. The Kier molecular flexibility index (Phi) is 3.37. The number of alkyl halides is 9. The first-order chi connectivity index (χ1) is 8.17. The predicted octanol–water partition coefficient (Wildman–Crippen LogP) is 4.27. The number of ether oxygens (including phenoxy) is 1. The predicted molar refractivity (Wildman–Crippen MR) is 43.8 cm³/mol. The zero-order valence-corrected chi connectivity index (χ0v) is 8.96. The van der Waals surface area contributed by atoms with Gasteiger partial charge in [0.25, 0.3) is 0 Å². The van der Waals surface area contributed by atoms with Crippen LogP contribution in [0.25, 0.3) is 0 Å². The van der Waals surface area contributed by atoms with Gasteiger partial charge in [0.2, 0.25) is 11.4 Å². The molecule has 0 aromatic carbocycles. The van der Waals surface area contributed by atoms with Crippen molar-refractivity contribution in [1.82, 2.24) is 0 Å². The number of hydrogen-bond acceptors (Lipinski definition) is 1. The van der Waals surface area contributed by atoms with Gasteiger partial charge in [0, 0.05) is 0 Å². The van der Waals surface area contributed by atoms with Gasteiger partial charge < -0.3 is 4.74 Å². The van der Waals surface area contributed by atoms with Gasteiger partial charge in [-0.1, -0.05) is 0 Å². The topological polar surface area (TPSA) is 9.23 Å². The highest BCUT2D eigenvalue weighted by Gasteiger charge is 2.58. The maximum Gasteiger partial charge on any atom is 0.448 e. The molecule has 110 valence electrons. The highest BCUT2D eigenvalue weighted by atomic mass is 19.4. The van der Waals surface area contributed by atoms with E-state index in [1.165, 1.54) is 0 Å². The zero-order chi connectivity index (χ0) is 15.3. The summed E-state index contributed by atoms with van der Waals surface area (Å²) in [6, 6.07) is 0. The molecule has 0 aromatic heterocycles. The number of halogens is 9. The molecule has 0 amide bonds. The number of allylic oxidation sites excluding steroid dienone is 3. The minimum atomic E-state index is -5.46. The summed E-state index contributed by atoms with van der Waals surface area (Å²) >= 11 is 0. The molecule has 1 heterocycles. The van der Waals surface area contributed by atoms with Crippen molar-refractivity contribution in [3.8, 4) is 0 Å². The van der Waals surface area contributed by atoms with E-state index in [1.54, 1.807) is 0 Å². The van der Waals surface area contributed by atoms with Crippen LogP contribution in [-0.2, 0) is 4.74 Å². The summed E-state index contributed by atoms with van der Waals surface area (Å²) in [7, 11) is 0. The molecule has 1 aliphatic rings. The second-order valence-electron chi connectivity index (χ2n) is 3.81. The largest absolute Gasteiger partial charge is 0.469 e. The van der Waals surface area contributed by atoms with Crippen molar-refractivity contribution in [1.29, 1.82) is 0 Å². The summed E-state index contributed by atoms with van der Waals surface area (Å²) in [4.78, 5) is 0. The van der Waals surface area contributed by atoms with Crippen molar-refractivity contribution in [2.75, 3.05) is 0 Å². The Labute approximate surface area is 99.9 Å². The molecule has 0 aromatic rings. The fraction of sp³-hybridized carbons (Fsp3) is 0.556. The lowest BCUT2D eigenvalue weighted by Gasteiger charge is -2.35. The zero-order valence-electron chi connectivity index (χ0n) is 8.96. The van der Waals surface area contributed by atoms with Gasteiger partial charge in [-0.15, -0.1) is 0 Å². The quantitative estimate of drug-likeness (QED) is 0.607. The molecular weight excluding hydrogens is 295 g/mol. The Hall–Kier alpha value is -1.35. The smallest absolute Gasteiger partial charge is 0.448 e. The van der Waals surface area contributed by atoms with Gasteiger partial charge in [-0.25, -0.2) is 0 Å². The fourth-order valence-corrected chi connectivity index (χ4v) is 1.21. The van der Waals surface area contributed by atoms with E-state index in [0.29, 0.717) is 0 Å². The average molecular weight is 300 g/mol. The van der Waals surface area contributed by atoms with E-state index < -0.39 is 47.6 Å². The molecule has 0 spiro atoms. The van der Waals surface area contributed by atoms with Crippen LogP contribution in [0.15, 0.2) is 23.5 Å². The van der Waals surface area contributed by atoms with E-state index in [1.807, 2.05) is 0 Å². The highest BCUT2D eigenvalue weighted by molar-refractivity contribution is 5.35. The molecule has 0 aliphatic carbocycles. The Morgan fingerprint density at radius 3 is 1.68 bits per heavy atom. The molecule has 0 unspecified atom stereocenters. The molecule has 0 saturated heterocycles. The summed E-state index contributed by atoms with van der Waals surface area (Å²) in [5, 5.41) is 0. The van der Waals surface area contributed by atoms with Gasteiger partial charge >= 0.3 is 18.5 Å². The molecule has 1 atom stereocenters. The SMILES string of the molecule is C[C@@]1(C(F)(F)F)C=C(C(F)(F)F)C=C(C(F)(F)F)O1. The van der Waals surface area contributed by atoms with Crippen molar-refractivity contribution in [2.24, 2.45) is 0 Å². The van der Waals surface area contributed by atoms with Crippen LogP contribution in [0, 0.1) is 0 Å². The summed E-state index contributed by atoms with van der Waals surface area (Å²) in [5.41, 5.74) is -5.76. The third-order valence-electron chi connectivity index (χ3n) is 2.21. The van der Waals surface area contributed by atoms with Crippen molar-refractivity contribution >= 4 is 0 Å². The Balaban J connectivity index is 3.39. The summed E-state index contributed by atoms with van der Waals surface area (Å²) in [6.45, 7) is 0.0808. The minimum absolute atomic E-state index is 0.0808. The van der Waals surface area contributed by atoms with Crippen molar-refractivity contribution < 1.29 is 44.3 Å². The molecule has 1 nitrogen and oxygen atoms in total. The van der Waals surface area contributed by atoms with Gasteiger partial charge in [0.1, 0.15) is 0 Å². The maximum atomic E-state index is 12.5. The van der Waals surface area contributed by atoms with Crippen LogP contribution < -0.4 is 0 Å². The minimum Gasteiger partial charge on any atom is -0.469 e. The summed E-state index contributed by atoms with van der Waals surface area (Å²) in [5.74, 6) is -2.35. The Bertz CT molecular complexity index is 422. The van der Waals surface area contributed by atoms with Crippen LogP contribution in [0.5, 0.6) is 0 Å². The van der Waals surface area contributed by atoms with Crippen LogP contribution in [0.3, 0.4) is 0 Å². The van der Waals surface area contributed by atoms with E-state index in [4.69, 9.17) is 0 Å². The molecule has 0 N–H and O–H groups in total. The molecule has 1 aliphatic heterocycles. The summed E-state index contributed by atoms with van der Waals surface area (Å²) < 4.78 is 115. The van der Waals surface area contributed by atoms with Crippen molar-refractivity contribution in [2.45, 2.75) is 31.1 Å². The maximum absolute atomic E-state index is 12.5. The second kappa shape index (κ2) is 4.07. The second-order valence-corrected chi connectivity index (χ2v) is 3.81. The third-order valence-corrected chi connectivity index (χ3v) is 2.21. The monoisotopic (exact) mass is 300 g/mol. The number of hydrogen-bond donors (Lipinski definition) is 0. The van der Waals surface area contributed by atoms with Crippen LogP contribution in [0.4, 0.5) is 39.5 Å². The Morgan fingerprint density at radius 2 is 1.37 bits per heavy atom. The molecule has 0 saturated carbocycles. The standard InChI is InChI=1S/C9H5F9O/c1-6(9(16,17)18)3-4(7(10,11)12)2-5(19-6)8(13,14)15/h2-3H,1H3/t6-/m0/s1. The molecule has 0 fully saturated rings. The van der Waals surface area contributed by atoms with E-state index in [2.05, 4.69) is 4.74 Å². The van der Waals surface area contributed by atoms with Gasteiger partial charge in [-0.3, -0.25) is 0 Å². The van der Waals surface area contributed by atoms with Crippen molar-refractivity contribution in [3.63, 3.8) is 0 Å². The normalized spacial score (nSPS) is 25.6. The van der Waals surface area contributed by atoms with Crippen LogP contribution in [0.1, 0.15) is 6.92 Å². The first-order valence-corrected chi connectivity index (χ1v) is 4.51. The van der Waals surface area contributed by atoms with E-state index in [9.17, 15) is 39.5 Å². The molecule has 19 heavy (non-hydrogen) atoms. The molecule has 10 heteroatoms. The Morgan fingerprint density at radius 1 is 0.895 bits per heavy atom. The first-order valence-electron chi connectivity index (χ1n) is 4.51. The molecule has 1 rings (SSSR count). The van der Waals surface area contributed by atoms with Crippen LogP contribution in [-0.4, -0.2) is 24.1 Å². The molecule has 0 bridgehead atoms. The molecular formula is C9H5F9O. The van der Waals surface area contributed by atoms with E-state index in [-0.39, 0.29) is 6.92 Å². The van der Waals surface area contributed by atoms with E-state index >= 15 is 0 Å². The first kappa shape index (κ1) is 15.7. The van der Waals surface area contributed by atoms with Gasteiger partial charge in [-0.2, -0.15) is 39.5 Å². The van der Waals surface area contributed by atoms with E-state index in [0.717, 1.165) is 0 Å². The van der Waals surface area contributed by atoms with Crippen molar-refractivity contribution in [3.05, 3.63) is 23.5 Å². The van der Waals surface area contributed by atoms with Crippen LogP contribution in [0.2, 0.25) is 0 Å². The number of rotatable bonds is 0. The fourth-order valence-electron chi connectivity index (χ4n) is 1.21. The lowest BCUT2D eigenvalue weighted by atomic mass is 9.98.